The fraction of sp³-hybridized carbons (Fsp3) is 0.273. The van der Waals surface area contributed by atoms with Crippen molar-refractivity contribution in [2.45, 2.75) is 20.8 Å². The van der Waals surface area contributed by atoms with E-state index >= 15 is 0 Å². The zero-order chi connectivity index (χ0) is 8.43. The lowest BCUT2D eigenvalue weighted by Crippen LogP contribution is -1.82. The maximum absolute atomic E-state index is 3.91. The van der Waals surface area contributed by atoms with Gasteiger partial charge in [0, 0.05) is 0 Å². The highest BCUT2D eigenvalue weighted by Gasteiger charge is 1.94. The van der Waals surface area contributed by atoms with Crippen molar-refractivity contribution in [2.75, 3.05) is 0 Å². The SMILES string of the molecule is C=C(C)c1cc(C)cc(C)c1. The first-order valence-corrected chi connectivity index (χ1v) is 3.84. The van der Waals surface area contributed by atoms with Crippen LogP contribution in [-0.4, -0.2) is 0 Å². The molecule has 58 valence electrons. The molecule has 0 nitrogen and oxygen atoms in total. The molecule has 0 unspecified atom stereocenters. The molecule has 0 aliphatic rings. The van der Waals surface area contributed by atoms with Crippen molar-refractivity contribution in [1.29, 1.82) is 0 Å². The summed E-state index contributed by atoms with van der Waals surface area (Å²) in [7, 11) is 0. The molecule has 0 saturated carbocycles. The van der Waals surface area contributed by atoms with Crippen LogP contribution in [0.25, 0.3) is 5.57 Å². The summed E-state index contributed by atoms with van der Waals surface area (Å²) in [6, 6.07) is 6.50. The lowest BCUT2D eigenvalue weighted by molar-refractivity contribution is 1.36. The third kappa shape index (κ3) is 1.94. The summed E-state index contributed by atoms with van der Waals surface area (Å²) in [5.74, 6) is 0. The third-order valence-electron chi connectivity index (χ3n) is 1.71. The van der Waals surface area contributed by atoms with E-state index in [0.29, 0.717) is 0 Å². The number of rotatable bonds is 1. The number of aryl methyl sites for hydroxylation is 2. The Hall–Kier alpha value is -1.04. The second-order valence-corrected chi connectivity index (χ2v) is 3.16. The van der Waals surface area contributed by atoms with Gasteiger partial charge in [0.2, 0.25) is 0 Å². The Morgan fingerprint density at radius 2 is 1.55 bits per heavy atom. The van der Waals surface area contributed by atoms with E-state index in [-0.39, 0.29) is 0 Å². The molecule has 0 aliphatic carbocycles. The highest BCUT2D eigenvalue weighted by atomic mass is 14.0. The highest BCUT2D eigenvalue weighted by molar-refractivity contribution is 5.62. The van der Waals surface area contributed by atoms with Crippen LogP contribution >= 0.6 is 0 Å². The Balaban J connectivity index is 3.19. The normalized spacial score (nSPS) is 9.73. The Morgan fingerprint density at radius 3 is 1.91 bits per heavy atom. The average Bonchev–Trinajstić information content (AvgIpc) is 1.85. The molecule has 0 bridgehead atoms. The molecule has 0 saturated heterocycles. The predicted molar refractivity (Wildman–Crippen MR) is 50.6 cm³/mol. The summed E-state index contributed by atoms with van der Waals surface area (Å²) in [5, 5.41) is 0. The van der Waals surface area contributed by atoms with Crippen LogP contribution in [-0.2, 0) is 0 Å². The van der Waals surface area contributed by atoms with Crippen LogP contribution in [0.3, 0.4) is 0 Å². The number of allylic oxidation sites excluding steroid dienone is 1. The molecule has 0 aliphatic heterocycles. The average molecular weight is 146 g/mol. The zero-order valence-electron chi connectivity index (χ0n) is 7.44. The Kier molecular flexibility index (Phi) is 2.13. The van der Waals surface area contributed by atoms with Crippen molar-refractivity contribution in [3.05, 3.63) is 41.5 Å². The van der Waals surface area contributed by atoms with Gasteiger partial charge in [-0.1, -0.05) is 41.5 Å². The molecular weight excluding hydrogens is 132 g/mol. The van der Waals surface area contributed by atoms with E-state index in [1.54, 1.807) is 0 Å². The molecule has 0 fully saturated rings. The van der Waals surface area contributed by atoms with Crippen molar-refractivity contribution in [1.82, 2.24) is 0 Å². The van der Waals surface area contributed by atoms with E-state index in [4.69, 9.17) is 0 Å². The Bertz CT molecular complexity index is 262. The molecule has 0 atom stereocenters. The van der Waals surface area contributed by atoms with Gasteiger partial charge in [-0.05, 0) is 26.3 Å². The lowest BCUT2D eigenvalue weighted by Gasteiger charge is -2.02. The summed E-state index contributed by atoms with van der Waals surface area (Å²) < 4.78 is 0. The summed E-state index contributed by atoms with van der Waals surface area (Å²) in [5.41, 5.74) is 5.00. The summed E-state index contributed by atoms with van der Waals surface area (Å²) in [6.45, 7) is 10.2. The van der Waals surface area contributed by atoms with Crippen molar-refractivity contribution < 1.29 is 0 Å². The minimum absolute atomic E-state index is 1.14. The van der Waals surface area contributed by atoms with Crippen LogP contribution in [0.1, 0.15) is 23.6 Å². The molecule has 0 N–H and O–H groups in total. The Morgan fingerprint density at radius 1 is 1.09 bits per heavy atom. The zero-order valence-corrected chi connectivity index (χ0v) is 7.44. The van der Waals surface area contributed by atoms with E-state index in [1.165, 1.54) is 16.7 Å². The van der Waals surface area contributed by atoms with Gasteiger partial charge < -0.3 is 0 Å². The van der Waals surface area contributed by atoms with Gasteiger partial charge in [-0.25, -0.2) is 0 Å². The van der Waals surface area contributed by atoms with Crippen LogP contribution < -0.4 is 0 Å². The Labute approximate surface area is 68.6 Å². The quantitative estimate of drug-likeness (QED) is 0.570. The molecule has 11 heavy (non-hydrogen) atoms. The summed E-state index contributed by atoms with van der Waals surface area (Å²) in [4.78, 5) is 0. The standard InChI is InChI=1S/C11H14/c1-8(2)11-6-9(3)5-10(4)7-11/h5-7H,1H2,2-4H3. The van der Waals surface area contributed by atoms with Crippen molar-refractivity contribution in [3.63, 3.8) is 0 Å². The lowest BCUT2D eigenvalue weighted by atomic mass is 10.0. The topological polar surface area (TPSA) is 0 Å². The molecule has 1 rings (SSSR count). The summed E-state index contributed by atoms with van der Waals surface area (Å²) >= 11 is 0. The van der Waals surface area contributed by atoms with Crippen LogP contribution in [0, 0.1) is 13.8 Å². The minimum atomic E-state index is 1.14. The molecule has 0 radical (unpaired) electrons. The van der Waals surface area contributed by atoms with Gasteiger partial charge >= 0.3 is 0 Å². The molecule has 1 aromatic carbocycles. The van der Waals surface area contributed by atoms with Gasteiger partial charge in [-0.3, -0.25) is 0 Å². The van der Waals surface area contributed by atoms with Crippen LogP contribution in [0.2, 0.25) is 0 Å². The third-order valence-corrected chi connectivity index (χ3v) is 1.71. The van der Waals surface area contributed by atoms with Crippen molar-refractivity contribution in [2.24, 2.45) is 0 Å². The van der Waals surface area contributed by atoms with E-state index in [2.05, 4.69) is 38.6 Å². The van der Waals surface area contributed by atoms with Crippen LogP contribution in [0.4, 0.5) is 0 Å². The van der Waals surface area contributed by atoms with E-state index in [9.17, 15) is 0 Å². The van der Waals surface area contributed by atoms with Gasteiger partial charge in [0.1, 0.15) is 0 Å². The number of hydrogen-bond donors (Lipinski definition) is 0. The van der Waals surface area contributed by atoms with Crippen molar-refractivity contribution in [3.8, 4) is 0 Å². The number of benzene rings is 1. The maximum Gasteiger partial charge on any atom is -0.0228 e. The molecular formula is C11H14. The fourth-order valence-electron chi connectivity index (χ4n) is 1.22. The second-order valence-electron chi connectivity index (χ2n) is 3.16. The van der Waals surface area contributed by atoms with Crippen molar-refractivity contribution >= 4 is 5.57 Å². The largest absolute Gasteiger partial charge is 0.0955 e. The summed E-state index contributed by atoms with van der Waals surface area (Å²) in [6.07, 6.45) is 0. The van der Waals surface area contributed by atoms with E-state index in [0.717, 1.165) is 5.57 Å². The second kappa shape index (κ2) is 2.91. The number of hydrogen-bond acceptors (Lipinski definition) is 0. The molecule has 0 spiro atoms. The van der Waals surface area contributed by atoms with Gasteiger partial charge in [-0.15, -0.1) is 0 Å². The van der Waals surface area contributed by atoms with E-state index < -0.39 is 0 Å². The van der Waals surface area contributed by atoms with Gasteiger partial charge in [0.05, 0.1) is 0 Å². The van der Waals surface area contributed by atoms with E-state index in [1.807, 2.05) is 6.92 Å². The molecule has 0 heteroatoms. The first-order chi connectivity index (χ1) is 5.09. The van der Waals surface area contributed by atoms with Crippen LogP contribution in [0.5, 0.6) is 0 Å². The van der Waals surface area contributed by atoms with Gasteiger partial charge in [0.25, 0.3) is 0 Å². The molecule has 0 amide bonds. The first kappa shape index (κ1) is 8.06. The smallest absolute Gasteiger partial charge is 0.0228 e. The van der Waals surface area contributed by atoms with Gasteiger partial charge in [0.15, 0.2) is 0 Å². The fourth-order valence-corrected chi connectivity index (χ4v) is 1.22. The monoisotopic (exact) mass is 146 g/mol. The van der Waals surface area contributed by atoms with Gasteiger partial charge in [-0.2, -0.15) is 0 Å². The first-order valence-electron chi connectivity index (χ1n) is 3.84. The molecule has 1 aromatic rings. The maximum atomic E-state index is 3.91. The van der Waals surface area contributed by atoms with Crippen LogP contribution in [0.15, 0.2) is 24.8 Å². The predicted octanol–water partition coefficient (Wildman–Crippen LogP) is 3.34. The highest BCUT2D eigenvalue weighted by Crippen LogP contribution is 2.15. The minimum Gasteiger partial charge on any atom is -0.0955 e. The molecule has 0 heterocycles. The molecule has 0 aromatic heterocycles.